The predicted octanol–water partition coefficient (Wildman–Crippen LogP) is 2.02. The first-order chi connectivity index (χ1) is 9.70. The van der Waals surface area contributed by atoms with Crippen LogP contribution in [0.1, 0.15) is 11.3 Å². The van der Waals surface area contributed by atoms with Crippen molar-refractivity contribution in [3.63, 3.8) is 0 Å². The Morgan fingerprint density at radius 2 is 2.30 bits per heavy atom. The maximum absolute atomic E-state index is 12.0. The number of hydrogen-bond acceptors (Lipinski definition) is 4. The van der Waals surface area contributed by atoms with Crippen molar-refractivity contribution in [1.82, 2.24) is 15.2 Å². The maximum atomic E-state index is 12.0. The summed E-state index contributed by atoms with van der Waals surface area (Å²) in [5.41, 5.74) is 0.852. The molecule has 20 heavy (non-hydrogen) atoms. The zero-order chi connectivity index (χ0) is 14.4. The molecular weight excluding hydrogens is 258 g/mol. The van der Waals surface area contributed by atoms with Gasteiger partial charge < -0.3 is 19.4 Å². The molecule has 0 aliphatic carbocycles. The van der Waals surface area contributed by atoms with Crippen molar-refractivity contribution in [2.75, 3.05) is 14.2 Å². The summed E-state index contributed by atoms with van der Waals surface area (Å²) >= 11 is 0. The molecule has 1 N–H and O–H groups in total. The number of amides is 2. The molecule has 2 heterocycles. The minimum absolute atomic E-state index is 0.188. The lowest BCUT2D eigenvalue weighted by Gasteiger charge is -2.18. The molecule has 0 aliphatic heterocycles. The van der Waals surface area contributed by atoms with Gasteiger partial charge >= 0.3 is 6.03 Å². The third kappa shape index (κ3) is 3.50. The summed E-state index contributed by atoms with van der Waals surface area (Å²) in [4.78, 5) is 17.6. The number of urea groups is 1. The number of furan rings is 1. The SMILES string of the molecule is COc1ncccc1CN(C)C(=O)NCc1ccco1. The minimum Gasteiger partial charge on any atom is -0.481 e. The van der Waals surface area contributed by atoms with Crippen molar-refractivity contribution in [2.24, 2.45) is 0 Å². The summed E-state index contributed by atoms with van der Waals surface area (Å²) in [5, 5.41) is 2.77. The largest absolute Gasteiger partial charge is 0.481 e. The Morgan fingerprint density at radius 1 is 1.45 bits per heavy atom. The lowest BCUT2D eigenvalue weighted by atomic mass is 10.2. The van der Waals surface area contributed by atoms with Crippen molar-refractivity contribution in [2.45, 2.75) is 13.1 Å². The maximum Gasteiger partial charge on any atom is 0.317 e. The van der Waals surface area contributed by atoms with E-state index in [1.807, 2.05) is 18.2 Å². The number of hydrogen-bond donors (Lipinski definition) is 1. The molecule has 0 aromatic carbocycles. The fraction of sp³-hybridized carbons (Fsp3) is 0.286. The third-order valence-corrected chi connectivity index (χ3v) is 2.79. The van der Waals surface area contributed by atoms with E-state index in [-0.39, 0.29) is 6.03 Å². The molecule has 0 fully saturated rings. The van der Waals surface area contributed by atoms with Gasteiger partial charge in [0, 0.05) is 18.8 Å². The zero-order valence-corrected chi connectivity index (χ0v) is 11.5. The summed E-state index contributed by atoms with van der Waals surface area (Å²) in [6, 6.07) is 7.09. The topological polar surface area (TPSA) is 67.6 Å². The van der Waals surface area contributed by atoms with Crippen LogP contribution in [0.4, 0.5) is 4.79 Å². The highest BCUT2D eigenvalue weighted by Crippen LogP contribution is 2.15. The van der Waals surface area contributed by atoms with Crippen LogP contribution in [0, 0.1) is 0 Å². The number of rotatable bonds is 5. The molecule has 6 heteroatoms. The Balaban J connectivity index is 1.90. The Morgan fingerprint density at radius 3 is 3.00 bits per heavy atom. The van der Waals surface area contributed by atoms with Crippen molar-refractivity contribution in [3.05, 3.63) is 48.0 Å². The van der Waals surface area contributed by atoms with Crippen LogP contribution in [0.3, 0.4) is 0 Å². The number of ether oxygens (including phenoxy) is 1. The average molecular weight is 275 g/mol. The highest BCUT2D eigenvalue weighted by atomic mass is 16.5. The third-order valence-electron chi connectivity index (χ3n) is 2.79. The summed E-state index contributed by atoms with van der Waals surface area (Å²) in [5.74, 6) is 1.24. The van der Waals surface area contributed by atoms with Crippen LogP contribution in [0.15, 0.2) is 41.1 Å². The van der Waals surface area contributed by atoms with Crippen molar-refractivity contribution >= 4 is 6.03 Å². The van der Waals surface area contributed by atoms with Gasteiger partial charge in [0.1, 0.15) is 5.76 Å². The van der Waals surface area contributed by atoms with Gasteiger partial charge in [-0.1, -0.05) is 6.07 Å². The van der Waals surface area contributed by atoms with Gasteiger partial charge in [-0.15, -0.1) is 0 Å². The standard InChI is InChI=1S/C14H17N3O3/c1-17(10-11-5-3-7-15-13(11)19-2)14(18)16-9-12-6-4-8-20-12/h3-8H,9-10H2,1-2H3,(H,16,18). The first-order valence-electron chi connectivity index (χ1n) is 6.20. The predicted molar refractivity (Wildman–Crippen MR) is 73.2 cm³/mol. The Hall–Kier alpha value is -2.50. The smallest absolute Gasteiger partial charge is 0.317 e. The number of methoxy groups -OCH3 is 1. The second-order valence-corrected chi connectivity index (χ2v) is 4.27. The highest BCUT2D eigenvalue weighted by Gasteiger charge is 2.12. The molecule has 0 unspecified atom stereocenters. The first kappa shape index (κ1) is 13.9. The second-order valence-electron chi connectivity index (χ2n) is 4.27. The van der Waals surface area contributed by atoms with Crippen LogP contribution in [0.5, 0.6) is 5.88 Å². The lowest BCUT2D eigenvalue weighted by Crippen LogP contribution is -2.36. The van der Waals surface area contributed by atoms with Crippen LogP contribution in [0.25, 0.3) is 0 Å². The quantitative estimate of drug-likeness (QED) is 0.906. The van der Waals surface area contributed by atoms with Gasteiger partial charge in [-0.05, 0) is 18.2 Å². The molecule has 2 rings (SSSR count). The molecule has 2 aromatic heterocycles. The van der Waals surface area contributed by atoms with Gasteiger partial charge in [0.2, 0.25) is 5.88 Å². The molecule has 0 aliphatic rings. The Kier molecular flexibility index (Phi) is 4.60. The van der Waals surface area contributed by atoms with Gasteiger partial charge in [-0.2, -0.15) is 0 Å². The van der Waals surface area contributed by atoms with Crippen LogP contribution in [0.2, 0.25) is 0 Å². The van der Waals surface area contributed by atoms with E-state index in [4.69, 9.17) is 9.15 Å². The number of nitrogens with zero attached hydrogens (tertiary/aromatic N) is 2. The lowest BCUT2D eigenvalue weighted by molar-refractivity contribution is 0.205. The number of carbonyl (C=O) groups excluding carboxylic acids is 1. The van der Waals surface area contributed by atoms with E-state index >= 15 is 0 Å². The summed E-state index contributed by atoms with van der Waals surface area (Å²) in [6.07, 6.45) is 3.23. The van der Waals surface area contributed by atoms with Crippen LogP contribution in [-0.4, -0.2) is 30.1 Å². The fourth-order valence-corrected chi connectivity index (χ4v) is 1.77. The van der Waals surface area contributed by atoms with E-state index in [0.717, 1.165) is 5.56 Å². The summed E-state index contributed by atoms with van der Waals surface area (Å²) < 4.78 is 10.3. The molecule has 0 saturated heterocycles. The van der Waals surface area contributed by atoms with Crippen molar-refractivity contribution in [1.29, 1.82) is 0 Å². The Bertz CT molecular complexity index is 555. The van der Waals surface area contributed by atoms with Gasteiger partial charge in [0.25, 0.3) is 0 Å². The van der Waals surface area contributed by atoms with Gasteiger partial charge in [-0.3, -0.25) is 0 Å². The van der Waals surface area contributed by atoms with E-state index in [1.54, 1.807) is 37.6 Å². The fourth-order valence-electron chi connectivity index (χ4n) is 1.77. The summed E-state index contributed by atoms with van der Waals surface area (Å²) in [7, 11) is 3.27. The van der Waals surface area contributed by atoms with Gasteiger partial charge in [0.05, 0.1) is 26.5 Å². The van der Waals surface area contributed by atoms with Crippen LogP contribution >= 0.6 is 0 Å². The van der Waals surface area contributed by atoms with E-state index < -0.39 is 0 Å². The highest BCUT2D eigenvalue weighted by molar-refractivity contribution is 5.73. The summed E-state index contributed by atoms with van der Waals surface area (Å²) in [6.45, 7) is 0.779. The van der Waals surface area contributed by atoms with Gasteiger partial charge in [-0.25, -0.2) is 9.78 Å². The molecular formula is C14H17N3O3. The number of carbonyl (C=O) groups is 1. The monoisotopic (exact) mass is 275 g/mol. The van der Waals surface area contributed by atoms with Gasteiger partial charge in [0.15, 0.2) is 0 Å². The molecule has 106 valence electrons. The molecule has 0 atom stereocenters. The zero-order valence-electron chi connectivity index (χ0n) is 11.5. The molecule has 0 bridgehead atoms. The molecule has 0 saturated carbocycles. The Labute approximate surface area is 117 Å². The number of aromatic nitrogens is 1. The van der Waals surface area contributed by atoms with E-state index in [9.17, 15) is 4.79 Å². The number of nitrogens with one attached hydrogen (secondary N) is 1. The molecule has 2 amide bonds. The molecule has 0 radical (unpaired) electrons. The molecule has 0 spiro atoms. The second kappa shape index (κ2) is 6.60. The normalized spacial score (nSPS) is 10.1. The average Bonchev–Trinajstić information content (AvgIpc) is 2.98. The van der Waals surface area contributed by atoms with E-state index in [0.29, 0.717) is 24.7 Å². The van der Waals surface area contributed by atoms with E-state index in [1.165, 1.54) is 0 Å². The molecule has 6 nitrogen and oxygen atoms in total. The van der Waals surface area contributed by atoms with Crippen LogP contribution < -0.4 is 10.1 Å². The van der Waals surface area contributed by atoms with Crippen molar-refractivity contribution < 1.29 is 13.9 Å². The molecule has 2 aromatic rings. The van der Waals surface area contributed by atoms with E-state index in [2.05, 4.69) is 10.3 Å². The van der Waals surface area contributed by atoms with Crippen molar-refractivity contribution in [3.8, 4) is 5.88 Å². The minimum atomic E-state index is -0.188. The van der Waals surface area contributed by atoms with Crippen LogP contribution in [-0.2, 0) is 13.1 Å². The first-order valence-corrected chi connectivity index (χ1v) is 6.20. The number of pyridine rings is 1.